The fourth-order valence-electron chi connectivity index (χ4n) is 3.19. The Morgan fingerprint density at radius 1 is 0.939 bits per heavy atom. The maximum Gasteiger partial charge on any atom is 0.337 e. The van der Waals surface area contributed by atoms with Crippen LogP contribution in [0.25, 0.3) is 0 Å². The zero-order chi connectivity index (χ0) is 24.7. The highest BCUT2D eigenvalue weighted by atomic mass is 35.5. The smallest absolute Gasteiger partial charge is 0.337 e. The number of benzene rings is 1. The average molecular weight is 499 g/mol. The molecule has 0 saturated heterocycles. The van der Waals surface area contributed by atoms with Gasteiger partial charge in [-0.25, -0.2) is 9.59 Å². The normalized spacial score (nSPS) is 13.9. The van der Waals surface area contributed by atoms with E-state index in [1.54, 1.807) is 27.7 Å². The van der Waals surface area contributed by atoms with Crippen molar-refractivity contribution < 1.29 is 33.4 Å². The van der Waals surface area contributed by atoms with Gasteiger partial charge < -0.3 is 24.8 Å². The number of rotatable bonds is 8. The number of carbonyl (C=O) groups excluding carboxylic acids is 4. The highest BCUT2D eigenvalue weighted by Crippen LogP contribution is 2.32. The molecule has 2 rings (SSSR count). The first-order valence-corrected chi connectivity index (χ1v) is 10.8. The van der Waals surface area contributed by atoms with Gasteiger partial charge in [-0.1, -0.05) is 23.2 Å². The van der Waals surface area contributed by atoms with E-state index in [1.165, 1.54) is 18.2 Å². The van der Waals surface area contributed by atoms with Crippen molar-refractivity contribution in [2.45, 2.75) is 27.7 Å². The summed E-state index contributed by atoms with van der Waals surface area (Å²) in [6.45, 7) is 5.76. The number of hydrogen-bond acceptors (Lipinski definition) is 8. The second-order valence-corrected chi connectivity index (χ2v) is 7.70. The Bertz CT molecular complexity index is 994. The molecule has 9 nitrogen and oxygen atoms in total. The largest absolute Gasteiger partial charge is 0.463 e. The summed E-state index contributed by atoms with van der Waals surface area (Å²) in [5.74, 6) is -4.69. The number of dihydropyridines is 1. The number of halogens is 2. The molecule has 1 aliphatic heterocycles. The molecule has 1 aromatic carbocycles. The van der Waals surface area contributed by atoms with Gasteiger partial charge in [-0.05, 0) is 45.9 Å². The molecule has 2 N–H and O–H groups in total. The first kappa shape index (κ1) is 26.2. The zero-order valence-electron chi connectivity index (χ0n) is 18.5. The fraction of sp³-hybridized carbons (Fsp3) is 0.364. The summed E-state index contributed by atoms with van der Waals surface area (Å²) >= 11 is 11.9. The number of amides is 1. The predicted molar refractivity (Wildman–Crippen MR) is 121 cm³/mol. The Morgan fingerprint density at radius 3 is 1.97 bits per heavy atom. The molecule has 178 valence electrons. The van der Waals surface area contributed by atoms with Crippen LogP contribution in [0, 0.1) is 5.92 Å². The molecule has 1 aliphatic rings. The molecule has 1 amide bonds. The van der Waals surface area contributed by atoms with E-state index in [9.17, 15) is 19.2 Å². The fourth-order valence-corrected chi connectivity index (χ4v) is 3.64. The minimum atomic E-state index is -1.43. The van der Waals surface area contributed by atoms with Gasteiger partial charge in [0.05, 0.1) is 35.1 Å². The average Bonchev–Trinajstić information content (AvgIpc) is 2.73. The van der Waals surface area contributed by atoms with Crippen LogP contribution in [-0.4, -0.2) is 43.6 Å². The predicted octanol–water partition coefficient (Wildman–Crippen LogP) is 3.37. The van der Waals surface area contributed by atoms with Crippen molar-refractivity contribution in [2.24, 2.45) is 5.92 Å². The van der Waals surface area contributed by atoms with Crippen LogP contribution < -0.4 is 10.6 Å². The van der Waals surface area contributed by atoms with Gasteiger partial charge in [-0.3, -0.25) is 9.59 Å². The summed E-state index contributed by atoms with van der Waals surface area (Å²) in [4.78, 5) is 50.5. The maximum absolute atomic E-state index is 13.0. The topological polar surface area (TPSA) is 120 Å². The van der Waals surface area contributed by atoms with Gasteiger partial charge in [-0.15, -0.1) is 0 Å². The quantitative estimate of drug-likeness (QED) is 0.413. The molecule has 33 heavy (non-hydrogen) atoms. The lowest BCUT2D eigenvalue weighted by Gasteiger charge is -2.28. The summed E-state index contributed by atoms with van der Waals surface area (Å²) in [7, 11) is 0. The van der Waals surface area contributed by atoms with Gasteiger partial charge in [0.15, 0.2) is 6.61 Å². The third kappa shape index (κ3) is 6.49. The van der Waals surface area contributed by atoms with Crippen molar-refractivity contribution in [3.05, 3.63) is 50.8 Å². The summed E-state index contributed by atoms with van der Waals surface area (Å²) in [6.07, 6.45) is 0. The summed E-state index contributed by atoms with van der Waals surface area (Å²) in [5.41, 5.74) is 0.708. The van der Waals surface area contributed by atoms with Gasteiger partial charge in [-0.2, -0.15) is 0 Å². The number of nitrogens with one attached hydrogen (secondary N) is 2. The molecule has 0 bridgehead atoms. The van der Waals surface area contributed by atoms with Crippen LogP contribution in [-0.2, 0) is 33.4 Å². The highest BCUT2D eigenvalue weighted by molar-refractivity contribution is 6.36. The third-order valence-electron chi connectivity index (χ3n) is 4.54. The second-order valence-electron chi connectivity index (χ2n) is 6.86. The Morgan fingerprint density at radius 2 is 1.48 bits per heavy atom. The van der Waals surface area contributed by atoms with Crippen molar-refractivity contribution in [2.75, 3.05) is 25.1 Å². The van der Waals surface area contributed by atoms with Crippen molar-refractivity contribution in [1.82, 2.24) is 5.32 Å². The maximum atomic E-state index is 13.0. The van der Waals surface area contributed by atoms with Crippen LogP contribution in [0.3, 0.4) is 0 Å². The summed E-state index contributed by atoms with van der Waals surface area (Å²) in [5, 5.41) is 5.98. The minimum absolute atomic E-state index is 0.0546. The number of hydrogen-bond donors (Lipinski definition) is 2. The second kappa shape index (κ2) is 11.7. The summed E-state index contributed by atoms with van der Waals surface area (Å²) in [6, 6.07) is 4.47. The Labute approximate surface area is 201 Å². The van der Waals surface area contributed by atoms with E-state index in [-0.39, 0.29) is 35.1 Å². The van der Waals surface area contributed by atoms with Crippen LogP contribution in [0.2, 0.25) is 10.0 Å². The molecule has 0 aliphatic carbocycles. The zero-order valence-corrected chi connectivity index (χ0v) is 20.1. The molecule has 0 atom stereocenters. The van der Waals surface area contributed by atoms with E-state index in [4.69, 9.17) is 37.4 Å². The number of esters is 3. The van der Waals surface area contributed by atoms with Gasteiger partial charge in [0.25, 0.3) is 5.91 Å². The Balaban J connectivity index is 2.26. The molecular formula is C22H24Cl2N2O7. The van der Waals surface area contributed by atoms with Gasteiger partial charge >= 0.3 is 17.9 Å². The molecule has 0 fully saturated rings. The number of allylic oxidation sites excluding steroid dienone is 2. The lowest BCUT2D eigenvalue weighted by atomic mass is 9.85. The number of anilines is 1. The van der Waals surface area contributed by atoms with E-state index < -0.39 is 36.3 Å². The van der Waals surface area contributed by atoms with Gasteiger partial charge in [0.1, 0.15) is 5.92 Å². The van der Waals surface area contributed by atoms with E-state index in [1.807, 2.05) is 0 Å². The van der Waals surface area contributed by atoms with Gasteiger partial charge in [0, 0.05) is 16.4 Å². The number of carbonyl (C=O) groups is 4. The molecule has 1 aromatic rings. The third-order valence-corrected chi connectivity index (χ3v) is 5.09. The molecule has 0 unspecified atom stereocenters. The molecule has 0 radical (unpaired) electrons. The molecule has 11 heteroatoms. The van der Waals surface area contributed by atoms with Crippen molar-refractivity contribution in [3.8, 4) is 0 Å². The van der Waals surface area contributed by atoms with Crippen molar-refractivity contribution in [3.63, 3.8) is 0 Å². The summed E-state index contributed by atoms with van der Waals surface area (Å²) < 4.78 is 15.3. The highest BCUT2D eigenvalue weighted by Gasteiger charge is 2.42. The van der Waals surface area contributed by atoms with E-state index >= 15 is 0 Å². The first-order chi connectivity index (χ1) is 15.6. The Kier molecular flexibility index (Phi) is 9.31. The Hall–Kier alpha value is -3.04. The van der Waals surface area contributed by atoms with Crippen molar-refractivity contribution in [1.29, 1.82) is 0 Å². The lowest BCUT2D eigenvalue weighted by Crippen LogP contribution is -2.39. The van der Waals surface area contributed by atoms with E-state index in [2.05, 4.69) is 10.6 Å². The molecular weight excluding hydrogens is 475 g/mol. The van der Waals surface area contributed by atoms with Crippen LogP contribution in [0.5, 0.6) is 0 Å². The molecule has 0 saturated carbocycles. The van der Waals surface area contributed by atoms with Gasteiger partial charge in [0.2, 0.25) is 0 Å². The number of ether oxygens (including phenoxy) is 3. The minimum Gasteiger partial charge on any atom is -0.463 e. The first-order valence-electron chi connectivity index (χ1n) is 10.0. The molecule has 0 spiro atoms. The van der Waals surface area contributed by atoms with E-state index in [0.717, 1.165) is 0 Å². The van der Waals surface area contributed by atoms with Crippen LogP contribution in [0.4, 0.5) is 5.69 Å². The molecule has 0 aromatic heterocycles. The van der Waals surface area contributed by atoms with Crippen molar-refractivity contribution >= 4 is 52.7 Å². The SMILES string of the molecule is CCOC(=O)C1=C(C)NC(C)=C(C(=O)OCC)C1C(=O)OCC(=O)Nc1ccc(Cl)cc1Cl. The molecule has 1 heterocycles. The van der Waals surface area contributed by atoms with Crippen LogP contribution in [0.1, 0.15) is 27.7 Å². The van der Waals surface area contributed by atoms with E-state index in [0.29, 0.717) is 16.4 Å². The monoisotopic (exact) mass is 498 g/mol. The van der Waals surface area contributed by atoms with Crippen LogP contribution >= 0.6 is 23.2 Å². The standard InChI is InChI=1S/C22H24Cl2N2O7/c1-5-31-20(28)17-11(3)25-12(4)18(21(29)32-6-2)19(17)22(30)33-10-16(27)26-15-8-7-13(23)9-14(15)24/h7-9,19,25H,5-6,10H2,1-4H3,(H,26,27). The van der Waals surface area contributed by atoms with Crippen LogP contribution in [0.15, 0.2) is 40.7 Å². The lowest BCUT2D eigenvalue weighted by molar-refractivity contribution is -0.153.